The van der Waals surface area contributed by atoms with Gasteiger partial charge in [-0.2, -0.15) is 0 Å². The number of benzene rings is 1. The molecule has 0 aliphatic heterocycles. The van der Waals surface area contributed by atoms with E-state index >= 15 is 0 Å². The zero-order chi connectivity index (χ0) is 10.6. The maximum atomic E-state index is 11.0. The molecule has 0 aliphatic carbocycles. The van der Waals surface area contributed by atoms with Crippen LogP contribution in [0, 0.1) is 0 Å². The molecule has 0 aliphatic rings. The SMILES string of the molecule is NCCOc1cccc(Cl)c1C(N)=O. The number of amides is 1. The molecule has 4 nitrogen and oxygen atoms in total. The number of nitrogens with two attached hydrogens (primary N) is 2. The molecule has 14 heavy (non-hydrogen) atoms. The van der Waals surface area contributed by atoms with E-state index in [2.05, 4.69) is 0 Å². The second kappa shape index (κ2) is 4.83. The predicted octanol–water partition coefficient (Wildman–Crippen LogP) is 0.776. The van der Waals surface area contributed by atoms with Gasteiger partial charge in [-0.05, 0) is 12.1 Å². The van der Waals surface area contributed by atoms with Crippen molar-refractivity contribution in [1.29, 1.82) is 0 Å². The van der Waals surface area contributed by atoms with E-state index in [0.29, 0.717) is 18.9 Å². The van der Waals surface area contributed by atoms with Crippen molar-refractivity contribution < 1.29 is 9.53 Å². The van der Waals surface area contributed by atoms with Gasteiger partial charge in [0.1, 0.15) is 12.4 Å². The zero-order valence-electron chi connectivity index (χ0n) is 7.50. The first-order chi connectivity index (χ1) is 6.66. The highest BCUT2D eigenvalue weighted by atomic mass is 35.5. The van der Waals surface area contributed by atoms with Gasteiger partial charge in [0.15, 0.2) is 0 Å². The molecule has 0 saturated heterocycles. The van der Waals surface area contributed by atoms with Gasteiger partial charge in [-0.1, -0.05) is 17.7 Å². The van der Waals surface area contributed by atoms with E-state index in [0.717, 1.165) is 0 Å². The smallest absolute Gasteiger partial charge is 0.253 e. The van der Waals surface area contributed by atoms with Crippen LogP contribution >= 0.6 is 11.6 Å². The van der Waals surface area contributed by atoms with Crippen molar-refractivity contribution in [2.75, 3.05) is 13.2 Å². The van der Waals surface area contributed by atoms with Gasteiger partial charge >= 0.3 is 0 Å². The minimum absolute atomic E-state index is 0.197. The fourth-order valence-corrected chi connectivity index (χ4v) is 1.29. The Morgan fingerprint density at radius 1 is 1.50 bits per heavy atom. The topological polar surface area (TPSA) is 78.3 Å². The summed E-state index contributed by atoms with van der Waals surface area (Å²) in [6.07, 6.45) is 0. The Morgan fingerprint density at radius 2 is 2.21 bits per heavy atom. The molecule has 0 radical (unpaired) electrons. The average Bonchev–Trinajstić information content (AvgIpc) is 2.14. The van der Waals surface area contributed by atoms with Gasteiger partial charge in [0.05, 0.1) is 10.6 Å². The van der Waals surface area contributed by atoms with Crippen LogP contribution in [0.25, 0.3) is 0 Å². The first kappa shape index (κ1) is 10.8. The Morgan fingerprint density at radius 3 is 2.79 bits per heavy atom. The van der Waals surface area contributed by atoms with E-state index in [1.807, 2.05) is 0 Å². The van der Waals surface area contributed by atoms with E-state index < -0.39 is 5.91 Å². The lowest BCUT2D eigenvalue weighted by atomic mass is 10.2. The maximum absolute atomic E-state index is 11.0. The molecule has 0 aromatic heterocycles. The summed E-state index contributed by atoms with van der Waals surface area (Å²) >= 11 is 5.79. The summed E-state index contributed by atoms with van der Waals surface area (Å²) in [7, 11) is 0. The maximum Gasteiger partial charge on any atom is 0.253 e. The van der Waals surface area contributed by atoms with Gasteiger partial charge in [0, 0.05) is 6.54 Å². The molecule has 0 fully saturated rings. The number of carbonyl (C=O) groups excluding carboxylic acids is 1. The quantitative estimate of drug-likeness (QED) is 0.778. The Hall–Kier alpha value is -1.26. The molecule has 0 spiro atoms. The van der Waals surface area contributed by atoms with Crippen LogP contribution in [0.2, 0.25) is 5.02 Å². The highest BCUT2D eigenvalue weighted by molar-refractivity contribution is 6.34. The zero-order valence-corrected chi connectivity index (χ0v) is 8.25. The standard InChI is InChI=1S/C9H11ClN2O2/c10-6-2-1-3-7(14-5-4-11)8(6)9(12)13/h1-3H,4-5,11H2,(H2,12,13). The van der Waals surface area contributed by atoms with Gasteiger partial charge < -0.3 is 16.2 Å². The summed E-state index contributed by atoms with van der Waals surface area (Å²) < 4.78 is 5.22. The fourth-order valence-electron chi connectivity index (χ4n) is 1.03. The number of ether oxygens (including phenoxy) is 1. The third-order valence-electron chi connectivity index (χ3n) is 1.60. The normalized spacial score (nSPS) is 9.86. The molecule has 1 aromatic carbocycles. The van der Waals surface area contributed by atoms with Gasteiger partial charge in [-0.25, -0.2) is 0 Å². The number of hydrogen-bond acceptors (Lipinski definition) is 3. The van der Waals surface area contributed by atoms with Crippen LogP contribution < -0.4 is 16.2 Å². The van der Waals surface area contributed by atoms with Crippen LogP contribution in [0.15, 0.2) is 18.2 Å². The molecule has 76 valence electrons. The number of primary amides is 1. The lowest BCUT2D eigenvalue weighted by Crippen LogP contribution is -2.16. The number of halogens is 1. The first-order valence-corrected chi connectivity index (χ1v) is 4.45. The molecule has 0 saturated carbocycles. The monoisotopic (exact) mass is 214 g/mol. The van der Waals surface area contributed by atoms with Crippen molar-refractivity contribution in [3.8, 4) is 5.75 Å². The molecule has 0 unspecified atom stereocenters. The van der Waals surface area contributed by atoms with Crippen molar-refractivity contribution in [2.24, 2.45) is 11.5 Å². The van der Waals surface area contributed by atoms with Crippen molar-refractivity contribution in [1.82, 2.24) is 0 Å². The average molecular weight is 215 g/mol. The molecular weight excluding hydrogens is 204 g/mol. The summed E-state index contributed by atoms with van der Waals surface area (Å²) in [4.78, 5) is 11.0. The summed E-state index contributed by atoms with van der Waals surface area (Å²) in [6, 6.07) is 4.89. The van der Waals surface area contributed by atoms with E-state index in [1.165, 1.54) is 0 Å². The Kier molecular flexibility index (Phi) is 3.73. The van der Waals surface area contributed by atoms with Crippen LogP contribution in [-0.2, 0) is 0 Å². The lowest BCUT2D eigenvalue weighted by Gasteiger charge is -2.09. The van der Waals surface area contributed by atoms with Crippen LogP contribution in [-0.4, -0.2) is 19.1 Å². The molecule has 1 rings (SSSR count). The van der Waals surface area contributed by atoms with Gasteiger partial charge in [0.25, 0.3) is 5.91 Å². The van der Waals surface area contributed by atoms with Gasteiger partial charge in [-0.3, -0.25) is 4.79 Å². The third kappa shape index (κ3) is 2.37. The Bertz CT molecular complexity index is 342. The third-order valence-corrected chi connectivity index (χ3v) is 1.91. The highest BCUT2D eigenvalue weighted by Gasteiger charge is 2.12. The summed E-state index contributed by atoms with van der Waals surface area (Å²) in [5.41, 5.74) is 10.6. The molecule has 0 atom stereocenters. The van der Waals surface area contributed by atoms with Crippen LogP contribution in [0.3, 0.4) is 0 Å². The number of carbonyl (C=O) groups is 1. The number of rotatable bonds is 4. The molecule has 4 N–H and O–H groups in total. The Balaban J connectivity index is 3.02. The largest absolute Gasteiger partial charge is 0.491 e. The molecule has 5 heteroatoms. The molecule has 1 aromatic rings. The second-order valence-corrected chi connectivity index (χ2v) is 3.02. The van der Waals surface area contributed by atoms with Crippen molar-refractivity contribution in [2.45, 2.75) is 0 Å². The lowest BCUT2D eigenvalue weighted by molar-refractivity contribution is 0.0996. The minimum atomic E-state index is -0.609. The predicted molar refractivity (Wildman–Crippen MR) is 54.5 cm³/mol. The fraction of sp³-hybridized carbons (Fsp3) is 0.222. The highest BCUT2D eigenvalue weighted by Crippen LogP contribution is 2.25. The molecule has 0 heterocycles. The minimum Gasteiger partial charge on any atom is -0.491 e. The second-order valence-electron chi connectivity index (χ2n) is 2.61. The molecular formula is C9H11ClN2O2. The molecule has 0 bridgehead atoms. The van der Waals surface area contributed by atoms with Crippen LogP contribution in [0.1, 0.15) is 10.4 Å². The molecule has 1 amide bonds. The summed E-state index contributed by atoms with van der Waals surface area (Å²) in [5.74, 6) is -0.238. The van der Waals surface area contributed by atoms with E-state index in [9.17, 15) is 4.79 Å². The van der Waals surface area contributed by atoms with E-state index in [1.54, 1.807) is 18.2 Å². The van der Waals surface area contributed by atoms with Crippen LogP contribution in [0.4, 0.5) is 0 Å². The Labute approximate surface area is 86.8 Å². The van der Waals surface area contributed by atoms with Crippen LogP contribution in [0.5, 0.6) is 5.75 Å². The first-order valence-electron chi connectivity index (χ1n) is 4.08. The summed E-state index contributed by atoms with van der Waals surface area (Å²) in [6.45, 7) is 0.686. The van der Waals surface area contributed by atoms with E-state index in [-0.39, 0.29) is 10.6 Å². The van der Waals surface area contributed by atoms with Gasteiger partial charge in [0.2, 0.25) is 0 Å². The van der Waals surface area contributed by atoms with Gasteiger partial charge in [-0.15, -0.1) is 0 Å². The van der Waals surface area contributed by atoms with E-state index in [4.69, 9.17) is 27.8 Å². The van der Waals surface area contributed by atoms with Crippen molar-refractivity contribution in [3.05, 3.63) is 28.8 Å². The van der Waals surface area contributed by atoms with Crippen molar-refractivity contribution >= 4 is 17.5 Å². The summed E-state index contributed by atoms with van der Waals surface area (Å²) in [5, 5.41) is 0.284. The van der Waals surface area contributed by atoms with Crippen molar-refractivity contribution in [3.63, 3.8) is 0 Å². The number of hydrogen-bond donors (Lipinski definition) is 2.